The smallest absolute Gasteiger partial charge is 0.325 e. The minimum absolute atomic E-state index is 0.0737. The lowest BCUT2D eigenvalue weighted by Crippen LogP contribution is -2.37. The molecule has 2 N–H and O–H groups in total. The van der Waals surface area contributed by atoms with Crippen molar-refractivity contribution in [3.8, 4) is 17.6 Å². The molecule has 0 unspecified atom stereocenters. The van der Waals surface area contributed by atoms with Crippen molar-refractivity contribution < 1.29 is 14.6 Å². The van der Waals surface area contributed by atoms with Gasteiger partial charge in [-0.1, -0.05) is 26.0 Å². The third-order valence-electron chi connectivity index (χ3n) is 6.09. The van der Waals surface area contributed by atoms with Crippen molar-refractivity contribution in [1.82, 2.24) is 15.0 Å². The number of ether oxygens (including phenoxy) is 2. The number of aromatic nitrogens is 3. The van der Waals surface area contributed by atoms with Crippen LogP contribution in [0.15, 0.2) is 60.9 Å². The maximum Gasteiger partial charge on any atom is 0.325 e. The summed E-state index contributed by atoms with van der Waals surface area (Å²) < 4.78 is 11.3. The second-order valence-corrected chi connectivity index (χ2v) is 8.85. The largest absolute Gasteiger partial charge is 0.493 e. The van der Waals surface area contributed by atoms with Crippen LogP contribution in [0.2, 0.25) is 0 Å². The first-order valence-corrected chi connectivity index (χ1v) is 11.8. The Balaban J connectivity index is 1.25. The normalized spacial score (nSPS) is 13.9. The van der Waals surface area contributed by atoms with Gasteiger partial charge in [-0.15, -0.1) is 0 Å². The second kappa shape index (κ2) is 10.1. The molecule has 1 aliphatic heterocycles. The van der Waals surface area contributed by atoms with Crippen molar-refractivity contribution in [3.05, 3.63) is 72.1 Å². The highest BCUT2D eigenvalue weighted by Gasteiger charge is 2.17. The minimum atomic E-state index is -0.134. The number of nitrogens with one attached hydrogen (secondary N) is 1. The van der Waals surface area contributed by atoms with Crippen LogP contribution in [0.1, 0.15) is 30.9 Å². The third-order valence-corrected chi connectivity index (χ3v) is 6.09. The molecule has 1 fully saturated rings. The van der Waals surface area contributed by atoms with Crippen LogP contribution in [0.3, 0.4) is 0 Å². The summed E-state index contributed by atoms with van der Waals surface area (Å²) in [5.41, 5.74) is 5.40. The summed E-state index contributed by atoms with van der Waals surface area (Å²) in [6.07, 6.45) is 3.15. The first kappa shape index (κ1) is 22.9. The van der Waals surface area contributed by atoms with Gasteiger partial charge in [0.15, 0.2) is 0 Å². The van der Waals surface area contributed by atoms with Crippen LogP contribution in [-0.4, -0.2) is 46.4 Å². The molecule has 0 bridgehead atoms. The van der Waals surface area contributed by atoms with E-state index in [1.165, 1.54) is 16.8 Å². The van der Waals surface area contributed by atoms with Gasteiger partial charge >= 0.3 is 6.01 Å². The van der Waals surface area contributed by atoms with E-state index in [4.69, 9.17) is 9.47 Å². The van der Waals surface area contributed by atoms with Crippen molar-refractivity contribution in [3.63, 3.8) is 0 Å². The van der Waals surface area contributed by atoms with Crippen LogP contribution in [-0.2, 0) is 11.3 Å². The fraction of sp³-hybridized carbons (Fsp3) is 0.296. The average molecular weight is 472 g/mol. The van der Waals surface area contributed by atoms with E-state index in [9.17, 15) is 5.11 Å². The highest BCUT2D eigenvalue weighted by Crippen LogP contribution is 2.30. The summed E-state index contributed by atoms with van der Waals surface area (Å²) in [6, 6.07) is 16.1. The number of hydrogen-bond donors (Lipinski definition) is 2. The van der Waals surface area contributed by atoms with Crippen molar-refractivity contribution in [1.29, 1.82) is 0 Å². The van der Waals surface area contributed by atoms with Crippen molar-refractivity contribution in [2.24, 2.45) is 0 Å². The van der Waals surface area contributed by atoms with Crippen LogP contribution in [0, 0.1) is 0 Å². The van der Waals surface area contributed by atoms with Crippen molar-refractivity contribution in [2.45, 2.75) is 26.3 Å². The molecule has 0 amide bonds. The Labute approximate surface area is 204 Å². The van der Waals surface area contributed by atoms with Gasteiger partial charge in [0.2, 0.25) is 5.88 Å². The first-order valence-electron chi connectivity index (χ1n) is 11.8. The Hall–Kier alpha value is -3.91. The molecule has 5 rings (SSSR count). The molecule has 0 atom stereocenters. The van der Waals surface area contributed by atoms with Gasteiger partial charge in [0, 0.05) is 37.2 Å². The molecule has 8 heteroatoms. The molecule has 180 valence electrons. The molecule has 0 aliphatic carbocycles. The monoisotopic (exact) mass is 471 g/mol. The fourth-order valence-corrected chi connectivity index (χ4v) is 4.20. The summed E-state index contributed by atoms with van der Waals surface area (Å²) >= 11 is 0. The van der Waals surface area contributed by atoms with Crippen LogP contribution < -0.4 is 15.0 Å². The number of anilines is 2. The van der Waals surface area contributed by atoms with Gasteiger partial charge in [-0.25, -0.2) is 0 Å². The van der Waals surface area contributed by atoms with Crippen LogP contribution in [0.4, 0.5) is 11.4 Å². The molecule has 35 heavy (non-hydrogen) atoms. The zero-order valence-electron chi connectivity index (χ0n) is 19.9. The molecule has 0 saturated carbocycles. The fourth-order valence-electron chi connectivity index (χ4n) is 4.20. The van der Waals surface area contributed by atoms with Gasteiger partial charge in [0.25, 0.3) is 0 Å². The molecule has 1 aliphatic rings. The predicted molar refractivity (Wildman–Crippen MR) is 136 cm³/mol. The van der Waals surface area contributed by atoms with Crippen molar-refractivity contribution in [2.75, 3.05) is 36.5 Å². The number of pyridine rings is 1. The average Bonchev–Trinajstić information content (AvgIpc) is 2.88. The summed E-state index contributed by atoms with van der Waals surface area (Å²) in [4.78, 5) is 14.8. The Morgan fingerprint density at radius 2 is 1.86 bits per heavy atom. The molecule has 1 saturated heterocycles. The zero-order valence-corrected chi connectivity index (χ0v) is 19.9. The number of rotatable bonds is 7. The first-order chi connectivity index (χ1) is 17.1. The maximum atomic E-state index is 10.1. The number of hydrogen-bond acceptors (Lipinski definition) is 8. The molecule has 0 radical (unpaired) electrons. The topological polar surface area (TPSA) is 92.6 Å². The van der Waals surface area contributed by atoms with E-state index in [2.05, 4.69) is 57.2 Å². The van der Waals surface area contributed by atoms with E-state index in [-0.39, 0.29) is 11.9 Å². The van der Waals surface area contributed by atoms with E-state index in [0.29, 0.717) is 29.1 Å². The van der Waals surface area contributed by atoms with Gasteiger partial charge in [0.1, 0.15) is 5.75 Å². The van der Waals surface area contributed by atoms with E-state index in [1.54, 1.807) is 18.5 Å². The third kappa shape index (κ3) is 5.27. The molecule has 2 aromatic carbocycles. The Bertz CT molecular complexity index is 1300. The lowest BCUT2D eigenvalue weighted by Gasteiger charge is -2.32. The Morgan fingerprint density at radius 1 is 1.06 bits per heavy atom. The van der Waals surface area contributed by atoms with Gasteiger partial charge in [-0.3, -0.25) is 4.98 Å². The SMILES string of the molecule is CC(C)c1ccc(CNc2ccc(Oc3nc(O)c4ccncc4n3)cc2)cc1N1CCOCC1. The zero-order chi connectivity index (χ0) is 24.2. The molecular formula is C27H29N5O3. The van der Waals surface area contributed by atoms with E-state index < -0.39 is 0 Å². The predicted octanol–water partition coefficient (Wildman–Crippen LogP) is 5.09. The maximum absolute atomic E-state index is 10.1. The van der Waals surface area contributed by atoms with Gasteiger partial charge < -0.3 is 24.8 Å². The number of morpholine rings is 1. The van der Waals surface area contributed by atoms with Crippen molar-refractivity contribution >= 4 is 22.3 Å². The summed E-state index contributed by atoms with van der Waals surface area (Å²) in [6.45, 7) is 8.58. The lowest BCUT2D eigenvalue weighted by atomic mass is 9.98. The number of aromatic hydroxyl groups is 1. The molecule has 3 heterocycles. The van der Waals surface area contributed by atoms with Gasteiger partial charge in [-0.05, 0) is 53.4 Å². The van der Waals surface area contributed by atoms with Crippen LogP contribution >= 0.6 is 0 Å². The van der Waals surface area contributed by atoms with Gasteiger partial charge in [0.05, 0.1) is 30.3 Å². The van der Waals surface area contributed by atoms with E-state index in [0.717, 1.165) is 32.0 Å². The quantitative estimate of drug-likeness (QED) is 0.385. The lowest BCUT2D eigenvalue weighted by molar-refractivity contribution is 0.122. The highest BCUT2D eigenvalue weighted by atomic mass is 16.5. The number of fused-ring (bicyclic) bond motifs is 1. The second-order valence-electron chi connectivity index (χ2n) is 8.85. The van der Waals surface area contributed by atoms with Gasteiger partial charge in [-0.2, -0.15) is 9.97 Å². The standard InChI is InChI=1S/C27H29N5O3/c1-18(2)22-8-3-19(15-25(22)32-11-13-34-14-12-32)16-29-20-4-6-21(7-5-20)35-27-30-24-17-28-10-9-23(24)26(33)31-27/h3-10,15,17-18,29H,11-14,16H2,1-2H3,(H,30,31,33). The van der Waals surface area contributed by atoms with E-state index >= 15 is 0 Å². The summed E-state index contributed by atoms with van der Waals surface area (Å²) in [5.74, 6) is 0.909. The van der Waals surface area contributed by atoms with E-state index in [1.807, 2.05) is 24.3 Å². The summed E-state index contributed by atoms with van der Waals surface area (Å²) in [7, 11) is 0. The Kier molecular flexibility index (Phi) is 6.63. The molecule has 4 aromatic rings. The number of nitrogens with zero attached hydrogens (tertiary/aromatic N) is 4. The summed E-state index contributed by atoms with van der Waals surface area (Å²) in [5, 5.41) is 14.1. The highest BCUT2D eigenvalue weighted by molar-refractivity contribution is 5.82. The minimum Gasteiger partial charge on any atom is -0.493 e. The Morgan fingerprint density at radius 3 is 2.63 bits per heavy atom. The molecular weight excluding hydrogens is 442 g/mol. The molecule has 8 nitrogen and oxygen atoms in total. The van der Waals surface area contributed by atoms with Crippen LogP contribution in [0.25, 0.3) is 10.9 Å². The number of benzene rings is 2. The molecule has 0 spiro atoms. The molecule has 2 aromatic heterocycles. The van der Waals surface area contributed by atoms with Crippen LogP contribution in [0.5, 0.6) is 17.6 Å².